The summed E-state index contributed by atoms with van der Waals surface area (Å²) in [4.78, 5) is 10.5. The summed E-state index contributed by atoms with van der Waals surface area (Å²) in [6.07, 6.45) is 2.80. The predicted octanol–water partition coefficient (Wildman–Crippen LogP) is 1.37. The Morgan fingerprint density at radius 2 is 2.29 bits per heavy atom. The molecule has 0 saturated carbocycles. The molecule has 0 saturated heterocycles. The first-order valence-electron chi connectivity index (χ1n) is 4.12. The Labute approximate surface area is 82.5 Å². The van der Waals surface area contributed by atoms with E-state index in [-0.39, 0.29) is 0 Å². The summed E-state index contributed by atoms with van der Waals surface area (Å²) in [6.45, 7) is 1.85. The molecule has 2 N–H and O–H groups in total. The summed E-state index contributed by atoms with van der Waals surface area (Å²) in [5.41, 5.74) is 7.14. The Balaban J connectivity index is 3.16. The summed E-state index contributed by atoms with van der Waals surface area (Å²) in [5.74, 6) is -0.518. The van der Waals surface area contributed by atoms with Gasteiger partial charge < -0.3 is 5.73 Å². The van der Waals surface area contributed by atoms with Gasteiger partial charge in [-0.15, -0.1) is 0 Å². The molecule has 1 aromatic rings. The number of rotatable bonds is 2. The van der Waals surface area contributed by atoms with E-state index in [9.17, 15) is 4.79 Å². The van der Waals surface area contributed by atoms with Gasteiger partial charge in [0.2, 0.25) is 5.91 Å². The third kappa shape index (κ3) is 2.20. The van der Waals surface area contributed by atoms with Crippen LogP contribution in [0.1, 0.15) is 16.7 Å². The number of hydrogen-bond acceptors (Lipinski definition) is 2. The SMILES string of the molecule is Cc1cccc(C=CC(N)=O)c1C#N. The van der Waals surface area contributed by atoms with Crippen molar-refractivity contribution in [3.63, 3.8) is 0 Å². The highest BCUT2D eigenvalue weighted by Gasteiger charge is 2.01. The Kier molecular flexibility index (Phi) is 3.03. The molecule has 1 amide bonds. The van der Waals surface area contributed by atoms with Crippen LogP contribution in [0.2, 0.25) is 0 Å². The number of amides is 1. The summed E-state index contributed by atoms with van der Waals surface area (Å²) < 4.78 is 0. The average molecular weight is 186 g/mol. The van der Waals surface area contributed by atoms with Crippen molar-refractivity contribution in [1.29, 1.82) is 5.26 Å². The third-order valence-corrected chi connectivity index (χ3v) is 1.84. The lowest BCUT2D eigenvalue weighted by Crippen LogP contribution is -2.05. The Morgan fingerprint density at radius 1 is 1.57 bits per heavy atom. The minimum absolute atomic E-state index is 0.518. The van der Waals surface area contributed by atoms with Crippen molar-refractivity contribution in [3.05, 3.63) is 41.0 Å². The molecule has 70 valence electrons. The maximum atomic E-state index is 10.5. The number of hydrogen-bond donors (Lipinski definition) is 1. The van der Waals surface area contributed by atoms with Crippen LogP contribution in [0.15, 0.2) is 24.3 Å². The minimum atomic E-state index is -0.518. The van der Waals surface area contributed by atoms with Gasteiger partial charge in [-0.25, -0.2) is 0 Å². The van der Waals surface area contributed by atoms with Crippen LogP contribution in [0.25, 0.3) is 6.08 Å². The van der Waals surface area contributed by atoms with E-state index in [1.165, 1.54) is 6.08 Å². The molecule has 0 aliphatic heterocycles. The van der Waals surface area contributed by atoms with E-state index >= 15 is 0 Å². The van der Waals surface area contributed by atoms with Crippen LogP contribution in [0.5, 0.6) is 0 Å². The molecule has 1 aromatic carbocycles. The summed E-state index contributed by atoms with van der Waals surface area (Å²) in [5, 5.41) is 8.86. The van der Waals surface area contributed by atoms with Crippen LogP contribution in [0.4, 0.5) is 0 Å². The fourth-order valence-corrected chi connectivity index (χ4v) is 1.15. The van der Waals surface area contributed by atoms with E-state index < -0.39 is 5.91 Å². The van der Waals surface area contributed by atoms with Gasteiger partial charge in [0.25, 0.3) is 0 Å². The molecule has 0 atom stereocenters. The largest absolute Gasteiger partial charge is 0.366 e. The molecule has 0 aliphatic rings. The fourth-order valence-electron chi connectivity index (χ4n) is 1.15. The van der Waals surface area contributed by atoms with Crippen molar-refractivity contribution in [1.82, 2.24) is 0 Å². The molecule has 0 radical (unpaired) electrons. The number of primary amides is 1. The number of carbonyl (C=O) groups excluding carboxylic acids is 1. The van der Waals surface area contributed by atoms with Crippen LogP contribution < -0.4 is 5.73 Å². The fraction of sp³-hybridized carbons (Fsp3) is 0.0909. The van der Waals surface area contributed by atoms with Crippen molar-refractivity contribution in [2.45, 2.75) is 6.92 Å². The molecular weight excluding hydrogens is 176 g/mol. The van der Waals surface area contributed by atoms with E-state index in [0.29, 0.717) is 11.1 Å². The predicted molar refractivity (Wildman–Crippen MR) is 54.1 cm³/mol. The lowest BCUT2D eigenvalue weighted by Gasteiger charge is -2.00. The van der Waals surface area contributed by atoms with Crippen molar-refractivity contribution in [3.8, 4) is 6.07 Å². The van der Waals surface area contributed by atoms with E-state index in [0.717, 1.165) is 5.56 Å². The Hall–Kier alpha value is -2.08. The monoisotopic (exact) mass is 186 g/mol. The normalized spacial score (nSPS) is 10.0. The van der Waals surface area contributed by atoms with Gasteiger partial charge in [0.05, 0.1) is 5.56 Å². The molecule has 14 heavy (non-hydrogen) atoms. The van der Waals surface area contributed by atoms with Gasteiger partial charge in [0, 0.05) is 6.08 Å². The zero-order valence-electron chi connectivity index (χ0n) is 7.82. The Bertz CT molecular complexity index is 427. The van der Waals surface area contributed by atoms with Crippen LogP contribution in [0.3, 0.4) is 0 Å². The van der Waals surface area contributed by atoms with Crippen molar-refractivity contribution < 1.29 is 4.79 Å². The molecule has 3 nitrogen and oxygen atoms in total. The smallest absolute Gasteiger partial charge is 0.241 e. The maximum absolute atomic E-state index is 10.5. The minimum Gasteiger partial charge on any atom is -0.366 e. The summed E-state index contributed by atoms with van der Waals surface area (Å²) >= 11 is 0. The lowest BCUT2D eigenvalue weighted by atomic mass is 10.0. The van der Waals surface area contributed by atoms with Gasteiger partial charge in [-0.2, -0.15) is 5.26 Å². The number of nitrogens with zero attached hydrogens (tertiary/aromatic N) is 1. The van der Waals surface area contributed by atoms with Crippen molar-refractivity contribution >= 4 is 12.0 Å². The van der Waals surface area contributed by atoms with Crippen molar-refractivity contribution in [2.75, 3.05) is 0 Å². The molecule has 0 aliphatic carbocycles. The first-order valence-corrected chi connectivity index (χ1v) is 4.12. The lowest BCUT2D eigenvalue weighted by molar-refractivity contribution is -0.113. The molecule has 0 fully saturated rings. The maximum Gasteiger partial charge on any atom is 0.241 e. The highest BCUT2D eigenvalue weighted by Crippen LogP contribution is 2.14. The van der Waals surface area contributed by atoms with Gasteiger partial charge in [-0.1, -0.05) is 18.2 Å². The molecular formula is C11H10N2O. The first kappa shape index (κ1) is 10.0. The van der Waals surface area contributed by atoms with Gasteiger partial charge in [0.1, 0.15) is 6.07 Å². The first-order chi connectivity index (χ1) is 6.65. The van der Waals surface area contributed by atoms with E-state index in [1.807, 2.05) is 19.1 Å². The summed E-state index contributed by atoms with van der Waals surface area (Å²) in [6, 6.07) is 7.53. The average Bonchev–Trinajstić information content (AvgIpc) is 2.14. The highest BCUT2D eigenvalue weighted by atomic mass is 16.1. The van der Waals surface area contributed by atoms with Crippen LogP contribution in [0, 0.1) is 18.3 Å². The summed E-state index contributed by atoms with van der Waals surface area (Å²) in [7, 11) is 0. The molecule has 0 heterocycles. The third-order valence-electron chi connectivity index (χ3n) is 1.84. The van der Waals surface area contributed by atoms with Crippen molar-refractivity contribution in [2.24, 2.45) is 5.73 Å². The Morgan fingerprint density at radius 3 is 2.86 bits per heavy atom. The van der Waals surface area contributed by atoms with Gasteiger partial charge >= 0.3 is 0 Å². The second-order valence-electron chi connectivity index (χ2n) is 2.89. The zero-order valence-corrected chi connectivity index (χ0v) is 7.82. The number of benzene rings is 1. The quantitative estimate of drug-likeness (QED) is 0.708. The highest BCUT2D eigenvalue weighted by molar-refractivity contribution is 5.90. The molecule has 1 rings (SSSR count). The van der Waals surface area contributed by atoms with Crippen LogP contribution >= 0.6 is 0 Å². The molecule has 0 bridgehead atoms. The molecule has 0 unspecified atom stereocenters. The second kappa shape index (κ2) is 4.24. The van der Waals surface area contributed by atoms with Crippen LogP contribution in [-0.4, -0.2) is 5.91 Å². The zero-order chi connectivity index (χ0) is 10.6. The topological polar surface area (TPSA) is 66.9 Å². The van der Waals surface area contributed by atoms with Gasteiger partial charge in [-0.3, -0.25) is 4.79 Å². The van der Waals surface area contributed by atoms with Gasteiger partial charge in [-0.05, 0) is 24.1 Å². The second-order valence-corrected chi connectivity index (χ2v) is 2.89. The standard InChI is InChI=1S/C11H10N2O/c1-8-3-2-4-9(10(8)7-12)5-6-11(13)14/h2-6H,1H3,(H2,13,14). The van der Waals surface area contributed by atoms with Gasteiger partial charge in [0.15, 0.2) is 0 Å². The van der Waals surface area contributed by atoms with E-state index in [4.69, 9.17) is 11.0 Å². The number of carbonyl (C=O) groups is 1. The molecule has 0 aromatic heterocycles. The molecule has 3 heteroatoms. The molecule has 0 spiro atoms. The van der Waals surface area contributed by atoms with E-state index in [2.05, 4.69) is 6.07 Å². The number of aryl methyl sites for hydroxylation is 1. The number of nitriles is 1. The van der Waals surface area contributed by atoms with E-state index in [1.54, 1.807) is 12.1 Å². The van der Waals surface area contributed by atoms with Crippen LogP contribution in [-0.2, 0) is 4.79 Å². The number of nitrogens with two attached hydrogens (primary N) is 1.